The van der Waals surface area contributed by atoms with E-state index in [1.807, 2.05) is 0 Å². The van der Waals surface area contributed by atoms with Crippen LogP contribution in [0.25, 0.3) is 11.1 Å². The maximum atomic E-state index is 2.66. The van der Waals surface area contributed by atoms with Gasteiger partial charge in [-0.15, -0.1) is 24.8 Å². The van der Waals surface area contributed by atoms with Crippen LogP contribution in [0.3, 0.4) is 0 Å². The van der Waals surface area contributed by atoms with Gasteiger partial charge < -0.3 is 0 Å². The van der Waals surface area contributed by atoms with Gasteiger partial charge in [0.15, 0.2) is 0 Å². The van der Waals surface area contributed by atoms with Crippen molar-refractivity contribution in [2.45, 2.75) is 22.2 Å². The molecule has 0 spiro atoms. The van der Waals surface area contributed by atoms with Crippen LogP contribution in [-0.4, -0.2) is 12.2 Å². The van der Waals surface area contributed by atoms with Crippen molar-refractivity contribution in [1.29, 1.82) is 0 Å². The van der Waals surface area contributed by atoms with Crippen LogP contribution in [0.2, 0.25) is 9.36 Å². The molecule has 2 aliphatic rings. The Balaban J connectivity index is 0.00000104. The van der Waals surface area contributed by atoms with Gasteiger partial charge in [0, 0.05) is 0 Å². The maximum absolute atomic E-state index is 3.05. The fraction of sp³-hybridized carbons (Fsp3) is 0.200. The van der Waals surface area contributed by atoms with E-state index in [1.54, 1.807) is 12.2 Å². The van der Waals surface area contributed by atoms with Crippen molar-refractivity contribution >= 4 is 40.4 Å². The van der Waals surface area contributed by atoms with Crippen molar-refractivity contribution in [3.8, 4) is 11.1 Å². The molecule has 0 N–H and O–H groups in total. The van der Waals surface area contributed by atoms with E-state index in [2.05, 4.69) is 70.1 Å². The molecule has 2 aromatic rings. The number of hydrogen-bond donors (Lipinski definition) is 0. The minimum absolute atomic E-state index is 0. The topological polar surface area (TPSA) is 0 Å². The summed E-state index contributed by atoms with van der Waals surface area (Å²) < 4.78 is 8.85. The van der Waals surface area contributed by atoms with Crippen molar-refractivity contribution in [3.63, 3.8) is 0 Å². The molecule has 126 valence electrons. The first-order valence-electron chi connectivity index (χ1n) is 8.10. The molecule has 2 aliphatic carbocycles. The van der Waals surface area contributed by atoms with Gasteiger partial charge in [-0.2, -0.15) is 0 Å². The quantitative estimate of drug-likeness (QED) is 0.375. The first-order chi connectivity index (χ1) is 10.5. The third-order valence-corrected chi connectivity index (χ3v) is 36.5. The monoisotopic (exact) mass is 588 g/mol. The van der Waals surface area contributed by atoms with E-state index < -0.39 is 15.4 Å². The van der Waals surface area contributed by atoms with Crippen LogP contribution in [0.4, 0.5) is 0 Å². The summed E-state index contributed by atoms with van der Waals surface area (Å²) in [6.07, 6.45) is 9.37. The molecule has 0 fully saturated rings. The Labute approximate surface area is 163 Å². The molecule has 0 saturated heterocycles. The molecular weight excluding hydrogens is 562 g/mol. The third-order valence-electron chi connectivity index (χ3n) is 5.52. The van der Waals surface area contributed by atoms with Crippen LogP contribution in [0.15, 0.2) is 64.0 Å². The van der Waals surface area contributed by atoms with E-state index in [0.29, 0.717) is 0 Å². The second-order valence-electron chi connectivity index (χ2n) is 7.68. The fourth-order valence-electron chi connectivity index (χ4n) is 4.12. The van der Waals surface area contributed by atoms with E-state index in [9.17, 15) is 0 Å². The summed E-state index contributed by atoms with van der Waals surface area (Å²) in [5.41, 5.74) is 6.11. The second-order valence-corrected chi connectivity index (χ2v) is 67.6. The zero-order valence-corrected chi connectivity index (χ0v) is 22.4. The normalized spacial score (nSPS) is 15.0. The van der Waals surface area contributed by atoms with Gasteiger partial charge in [0.05, 0.1) is 0 Å². The van der Waals surface area contributed by atoms with E-state index in [-0.39, 0.29) is 24.8 Å². The Hall–Kier alpha value is -0.0870. The van der Waals surface area contributed by atoms with Crippen LogP contribution < -0.4 is 3.32 Å². The predicted octanol–water partition coefficient (Wildman–Crippen LogP) is 4.90. The van der Waals surface area contributed by atoms with Gasteiger partial charge in [-0.25, -0.2) is 0 Å². The van der Waals surface area contributed by atoms with Gasteiger partial charge >= 0.3 is 139 Å². The van der Waals surface area contributed by atoms with Gasteiger partial charge in [0.2, 0.25) is 0 Å². The summed E-state index contributed by atoms with van der Waals surface area (Å²) in [5, 5.41) is 0. The van der Waals surface area contributed by atoms with Crippen molar-refractivity contribution in [1.82, 2.24) is 0 Å². The third kappa shape index (κ3) is 3.07. The molecule has 0 radical (unpaired) electrons. The van der Waals surface area contributed by atoms with Gasteiger partial charge in [0.25, 0.3) is 0 Å². The molecule has 4 heteroatoms. The van der Waals surface area contributed by atoms with Gasteiger partial charge in [0.1, 0.15) is 0 Å². The van der Waals surface area contributed by atoms with Crippen molar-refractivity contribution in [3.05, 3.63) is 75.1 Å². The average molecular weight is 586 g/mol. The van der Waals surface area contributed by atoms with E-state index >= 15 is 0 Å². The second kappa shape index (κ2) is 6.91. The standard InChI is InChI=1S/C13H9.C5H5.2CH3.2ClH.GeH2.Hf/c1-3-7-12-10(5-1)9-11-6-2-4-8-13(11)12;1-2-4-5-3-1;;;;;;/h1-5,7-8H,9H2;1-3H,4H2;2*1H3;2*1H;1H2;. The zero-order valence-electron chi connectivity index (χ0n) is 14.2. The molecule has 0 bridgehead atoms. The van der Waals surface area contributed by atoms with Gasteiger partial charge in [-0.3, -0.25) is 0 Å². The Morgan fingerprint density at radius 1 is 0.917 bits per heavy atom. The van der Waals surface area contributed by atoms with Gasteiger partial charge in [-0.1, -0.05) is 0 Å². The molecule has 0 saturated carbocycles. The zero-order chi connectivity index (χ0) is 15.4. The van der Waals surface area contributed by atoms with Crippen LogP contribution >= 0.6 is 24.8 Å². The van der Waals surface area contributed by atoms with Crippen LogP contribution in [0.5, 0.6) is 0 Å². The molecule has 0 atom stereocenters. The Bertz CT molecular complexity index is 919. The molecular formula is C20H24Cl2GeHf. The summed E-state index contributed by atoms with van der Waals surface area (Å²) in [6, 6.07) is 16.0. The number of halogens is 2. The average Bonchev–Trinajstić information content (AvgIpc) is 3.14. The number of hydrogen-bond acceptors (Lipinski definition) is 0. The summed E-state index contributed by atoms with van der Waals surface area (Å²) in [5.74, 6) is 0. The number of allylic oxidation sites excluding steroid dienone is 4. The van der Waals surface area contributed by atoms with Gasteiger partial charge in [-0.05, 0) is 0 Å². The fourth-order valence-corrected chi connectivity index (χ4v) is 27.1. The van der Waals surface area contributed by atoms with Crippen LogP contribution in [0, 0.1) is 0 Å². The van der Waals surface area contributed by atoms with E-state index in [0.717, 1.165) is 6.42 Å². The summed E-state index contributed by atoms with van der Waals surface area (Å²) >= 11 is -1.60. The molecule has 2 aromatic carbocycles. The molecule has 0 nitrogen and oxygen atoms in total. The summed E-state index contributed by atoms with van der Waals surface area (Å²) in [4.78, 5) is 0. The van der Waals surface area contributed by atoms with Crippen molar-refractivity contribution in [2.24, 2.45) is 0 Å². The summed E-state index contributed by atoms with van der Waals surface area (Å²) in [6.45, 7) is 0. The molecule has 24 heavy (non-hydrogen) atoms. The molecule has 0 aromatic heterocycles. The van der Waals surface area contributed by atoms with Crippen LogP contribution in [-0.2, 0) is 21.8 Å². The van der Waals surface area contributed by atoms with Crippen LogP contribution in [0.1, 0.15) is 17.5 Å². The minimum atomic E-state index is -3.05. The molecule has 0 heterocycles. The molecule has 0 unspecified atom stereocenters. The number of fused-ring (bicyclic) bond motifs is 3. The number of rotatable bonds is 2. The van der Waals surface area contributed by atoms with Crippen molar-refractivity contribution in [2.75, 3.05) is 0 Å². The molecule has 0 amide bonds. The van der Waals surface area contributed by atoms with Crippen molar-refractivity contribution < 1.29 is 15.4 Å². The Morgan fingerprint density at radius 3 is 2.33 bits per heavy atom. The van der Waals surface area contributed by atoms with E-state index in [1.165, 1.54) is 35.3 Å². The predicted molar refractivity (Wildman–Crippen MR) is 111 cm³/mol. The Morgan fingerprint density at radius 2 is 1.62 bits per heavy atom. The molecule has 0 aliphatic heterocycles. The van der Waals surface area contributed by atoms with E-state index in [4.69, 9.17) is 0 Å². The first-order valence-corrected chi connectivity index (χ1v) is 33.6. The number of benzene rings is 2. The SMILES string of the molecule is Cl.Cl.[CH3][Hf]([CH3])(=[GeH2])([C]1=CC=CC1)[c]1cccc2c1Cc1ccccc1-2. The first kappa shape index (κ1) is 20.2. The molecule has 4 rings (SSSR count). The summed E-state index contributed by atoms with van der Waals surface area (Å²) in [7, 11) is 0. The Kier molecular flexibility index (Phi) is 5.82.